The molecule has 0 aliphatic carbocycles. The number of benzene rings is 4. The number of H-pyrrole nitrogens is 2. The number of sulfone groups is 2. The molecule has 2 N–H and O–H groups in total. The molecule has 0 saturated carbocycles. The summed E-state index contributed by atoms with van der Waals surface area (Å²) >= 11 is 0. The van der Waals surface area contributed by atoms with Gasteiger partial charge in [-0.3, -0.25) is 10.2 Å². The van der Waals surface area contributed by atoms with Gasteiger partial charge in [-0.05, 0) is 74.5 Å². The minimum Gasteiger partial charge on any atom is -0.309 e. The van der Waals surface area contributed by atoms with Crippen LogP contribution in [0.5, 0.6) is 0 Å². The van der Waals surface area contributed by atoms with Gasteiger partial charge in [0.2, 0.25) is 19.7 Å². The van der Waals surface area contributed by atoms with Crippen LogP contribution in [-0.4, -0.2) is 62.8 Å². The van der Waals surface area contributed by atoms with E-state index < -0.39 is 19.7 Å². The van der Waals surface area contributed by atoms with Gasteiger partial charge in [0.25, 0.3) is 0 Å². The zero-order valence-corrected chi connectivity index (χ0v) is 26.5. The molecule has 0 spiro atoms. The van der Waals surface area contributed by atoms with Crippen LogP contribution in [0.4, 0.5) is 0 Å². The zero-order valence-electron chi connectivity index (χ0n) is 24.9. The fraction of sp³-hybridized carbons (Fsp3) is 0.212. The lowest BCUT2D eigenvalue weighted by atomic mass is 10.1. The van der Waals surface area contributed by atoms with Gasteiger partial charge in [0, 0.05) is 17.3 Å². The molecule has 0 atom stereocenters. The van der Waals surface area contributed by atoms with Gasteiger partial charge in [-0.25, -0.2) is 16.8 Å². The van der Waals surface area contributed by atoms with E-state index in [1.807, 2.05) is 38.4 Å². The van der Waals surface area contributed by atoms with Gasteiger partial charge in [-0.2, -0.15) is 10.2 Å². The summed E-state index contributed by atoms with van der Waals surface area (Å²) in [6.07, 6.45) is 2.69. The van der Waals surface area contributed by atoms with Gasteiger partial charge in [0.1, 0.15) is 0 Å². The van der Waals surface area contributed by atoms with Crippen LogP contribution in [0, 0.1) is 0 Å². The predicted octanol–water partition coefficient (Wildman–Crippen LogP) is 5.85. The molecule has 0 aliphatic rings. The number of hydrogen-bond donors (Lipinski definition) is 2. The second-order valence-electron chi connectivity index (χ2n) is 10.7. The number of aromatic amines is 2. The summed E-state index contributed by atoms with van der Waals surface area (Å²) in [6, 6.07) is 28.2. The summed E-state index contributed by atoms with van der Waals surface area (Å²) in [4.78, 5) is 2.63. The maximum absolute atomic E-state index is 12.8. The van der Waals surface area contributed by atoms with Crippen LogP contribution in [0.1, 0.15) is 24.5 Å². The Morgan fingerprint density at radius 3 is 1.43 bits per heavy atom. The highest BCUT2D eigenvalue weighted by Crippen LogP contribution is 2.29. The average Bonchev–Trinajstić information content (AvgIpc) is 3.68. The van der Waals surface area contributed by atoms with Gasteiger partial charge < -0.3 is 4.90 Å². The van der Waals surface area contributed by atoms with Crippen LogP contribution in [-0.2, 0) is 32.5 Å². The normalized spacial score (nSPS) is 12.0. The molecule has 2 aromatic heterocycles. The van der Waals surface area contributed by atoms with Crippen LogP contribution in [0.2, 0.25) is 0 Å². The van der Waals surface area contributed by atoms with Crippen LogP contribution in [0.3, 0.4) is 0 Å². The molecule has 6 rings (SSSR count). The molecule has 9 nitrogen and oxygen atoms in total. The molecule has 2 heterocycles. The molecule has 0 radical (unpaired) electrons. The van der Waals surface area contributed by atoms with Crippen LogP contribution in [0.15, 0.2) is 117 Å². The molecule has 44 heavy (non-hydrogen) atoms. The van der Waals surface area contributed by atoms with Crippen LogP contribution in [0.25, 0.3) is 21.8 Å². The monoisotopic (exact) mass is 629 g/mol. The first kappa shape index (κ1) is 31.1. The van der Waals surface area contributed by atoms with Gasteiger partial charge in [-0.1, -0.05) is 74.0 Å². The largest absolute Gasteiger partial charge is 0.309 e. The molecule has 0 bridgehead atoms. The lowest BCUT2D eigenvalue weighted by molar-refractivity contribution is 0.414. The number of rotatable bonds is 9. The third-order valence-corrected chi connectivity index (χ3v) is 10.7. The third-order valence-electron chi connectivity index (χ3n) is 7.26. The highest BCUT2D eigenvalue weighted by Gasteiger charge is 2.24. The van der Waals surface area contributed by atoms with E-state index in [0.29, 0.717) is 10.8 Å². The summed E-state index contributed by atoms with van der Waals surface area (Å²) in [5.74, 6) is 0. The molecule has 0 fully saturated rings. The van der Waals surface area contributed by atoms with Crippen molar-refractivity contribution < 1.29 is 16.8 Å². The molecule has 6 aromatic rings. The number of likely N-dealkylation sites (N-methyl/N-ethyl adjacent to an activating group) is 1. The van der Waals surface area contributed by atoms with E-state index in [2.05, 4.69) is 32.2 Å². The first-order valence-electron chi connectivity index (χ1n) is 14.3. The lowest BCUT2D eigenvalue weighted by Gasteiger charge is -2.09. The third kappa shape index (κ3) is 6.30. The van der Waals surface area contributed by atoms with Gasteiger partial charge >= 0.3 is 0 Å². The number of fused-ring (bicyclic) bond motifs is 2. The number of aromatic nitrogens is 4. The fourth-order valence-electron chi connectivity index (χ4n) is 5.01. The maximum atomic E-state index is 12.8. The SMILES string of the molecule is CCCc1cccc2c(S(=O)(=O)c3ccccc3)[nH]nc12.CN(C)CCc1cccc2c(S(=O)(=O)c3ccccc3)[nH]nc12. The Hall–Kier alpha value is -4.32. The zero-order chi connectivity index (χ0) is 31.3. The Bertz CT molecular complexity index is 2090. The highest BCUT2D eigenvalue weighted by atomic mass is 32.2. The lowest BCUT2D eigenvalue weighted by Crippen LogP contribution is -2.15. The van der Waals surface area contributed by atoms with E-state index >= 15 is 0 Å². The van der Waals surface area contributed by atoms with E-state index in [1.54, 1.807) is 72.8 Å². The number of para-hydroxylation sites is 2. The number of nitrogens with one attached hydrogen (secondary N) is 2. The summed E-state index contributed by atoms with van der Waals surface area (Å²) in [5.41, 5.74) is 3.58. The molecule has 0 unspecified atom stereocenters. The Labute approximate surface area is 257 Å². The standard InChI is InChI=1S/C17H19N3O2S.C16H16N2O2S/c1-20(2)12-11-13-7-6-10-15-16(13)18-19-17(15)23(21,22)14-8-4-3-5-9-14;1-2-7-12-8-6-11-14-15(12)17-18-16(14)21(19,20)13-9-4-3-5-10-13/h3-10H,11-12H2,1-2H3,(H,18,19);3-6,8-11H,2,7H2,1H3,(H,17,18). The van der Waals surface area contributed by atoms with E-state index in [9.17, 15) is 16.8 Å². The molecule has 0 amide bonds. The second kappa shape index (κ2) is 13.1. The predicted molar refractivity (Wildman–Crippen MR) is 172 cm³/mol. The van der Waals surface area contributed by atoms with Crippen molar-refractivity contribution in [1.82, 2.24) is 25.3 Å². The summed E-state index contributed by atoms with van der Waals surface area (Å²) in [5, 5.41) is 15.6. The summed E-state index contributed by atoms with van der Waals surface area (Å²) < 4.78 is 51.0. The van der Waals surface area contributed by atoms with Crippen molar-refractivity contribution in [1.29, 1.82) is 0 Å². The number of nitrogens with zero attached hydrogens (tertiary/aromatic N) is 3. The number of hydrogen-bond acceptors (Lipinski definition) is 7. The molecule has 0 aliphatic heterocycles. The van der Waals surface area contributed by atoms with Crippen molar-refractivity contribution in [3.63, 3.8) is 0 Å². The van der Waals surface area contributed by atoms with Gasteiger partial charge in [0.15, 0.2) is 10.1 Å². The van der Waals surface area contributed by atoms with E-state index in [0.717, 1.165) is 48.0 Å². The van der Waals surface area contributed by atoms with Crippen molar-refractivity contribution in [2.45, 2.75) is 46.0 Å². The summed E-state index contributed by atoms with van der Waals surface area (Å²) in [6.45, 7) is 2.97. The first-order chi connectivity index (χ1) is 21.1. The van der Waals surface area contributed by atoms with Gasteiger partial charge in [0.05, 0.1) is 20.8 Å². The Kier molecular flexibility index (Phi) is 9.28. The molecule has 4 aromatic carbocycles. The van der Waals surface area contributed by atoms with E-state index in [1.165, 1.54) is 0 Å². The molecular weight excluding hydrogens is 595 g/mol. The molecule has 228 valence electrons. The molecule has 11 heteroatoms. The van der Waals surface area contributed by atoms with Gasteiger partial charge in [-0.15, -0.1) is 0 Å². The Balaban J connectivity index is 0.000000175. The smallest absolute Gasteiger partial charge is 0.223 e. The summed E-state index contributed by atoms with van der Waals surface area (Å²) in [7, 11) is -3.15. The van der Waals surface area contributed by atoms with Crippen molar-refractivity contribution in [3.8, 4) is 0 Å². The van der Waals surface area contributed by atoms with Crippen LogP contribution >= 0.6 is 0 Å². The minimum atomic E-state index is -3.60. The Morgan fingerprint density at radius 2 is 1.02 bits per heavy atom. The van der Waals surface area contributed by atoms with Crippen molar-refractivity contribution >= 4 is 41.5 Å². The van der Waals surface area contributed by atoms with Crippen LogP contribution < -0.4 is 0 Å². The van der Waals surface area contributed by atoms with E-state index in [4.69, 9.17) is 0 Å². The molecular formula is C33H35N5O4S2. The quantitative estimate of drug-likeness (QED) is 0.205. The number of aryl methyl sites for hydroxylation is 1. The van der Waals surface area contributed by atoms with Crippen molar-refractivity contribution in [3.05, 3.63) is 108 Å². The topological polar surface area (TPSA) is 129 Å². The fourth-order valence-corrected chi connectivity index (χ4v) is 7.75. The minimum absolute atomic E-state index is 0.158. The van der Waals surface area contributed by atoms with Crippen molar-refractivity contribution in [2.75, 3.05) is 20.6 Å². The first-order valence-corrected chi connectivity index (χ1v) is 17.3. The second-order valence-corrected chi connectivity index (χ2v) is 14.4. The molecule has 0 saturated heterocycles. The average molecular weight is 630 g/mol. The highest BCUT2D eigenvalue weighted by molar-refractivity contribution is 7.92. The van der Waals surface area contributed by atoms with E-state index in [-0.39, 0.29) is 19.8 Å². The van der Waals surface area contributed by atoms with Crippen molar-refractivity contribution in [2.24, 2.45) is 0 Å². The maximum Gasteiger partial charge on any atom is 0.223 e. The Morgan fingerprint density at radius 1 is 0.591 bits per heavy atom.